The second-order valence-corrected chi connectivity index (χ2v) is 3.91. The minimum atomic E-state index is -2.56. The highest BCUT2D eigenvalue weighted by Gasteiger charge is 2.15. The molecule has 17 heavy (non-hydrogen) atoms. The van der Waals surface area contributed by atoms with Gasteiger partial charge in [0.15, 0.2) is 0 Å². The average Bonchev–Trinajstić information content (AvgIpc) is 2.15. The summed E-state index contributed by atoms with van der Waals surface area (Å²) in [5.41, 5.74) is 0. The fourth-order valence-electron chi connectivity index (χ4n) is 1.24. The van der Waals surface area contributed by atoms with Crippen LogP contribution in [0, 0.1) is 0 Å². The van der Waals surface area contributed by atoms with Crippen molar-refractivity contribution in [2.45, 2.75) is 38.7 Å². The molecule has 1 unspecified atom stereocenters. The Morgan fingerprint density at radius 2 is 2.00 bits per heavy atom. The van der Waals surface area contributed by atoms with Crippen LogP contribution in [0.25, 0.3) is 0 Å². The van der Waals surface area contributed by atoms with E-state index in [0.29, 0.717) is 12.8 Å². The first-order valence-electron chi connectivity index (χ1n) is 5.34. The van der Waals surface area contributed by atoms with E-state index < -0.39 is 25.0 Å². The molecule has 0 bridgehead atoms. The molecule has 7 heteroatoms. The van der Waals surface area contributed by atoms with Gasteiger partial charge in [0, 0.05) is 19.5 Å². The number of amides is 2. The maximum atomic E-state index is 12.0. The first-order valence-corrected chi connectivity index (χ1v) is 5.34. The number of carboxylic acid groups (broad SMARTS) is 1. The van der Waals surface area contributed by atoms with E-state index in [0.717, 1.165) is 4.90 Å². The van der Waals surface area contributed by atoms with Crippen LogP contribution in [0.15, 0.2) is 0 Å². The summed E-state index contributed by atoms with van der Waals surface area (Å²) in [6.07, 6.45) is -1.59. The van der Waals surface area contributed by atoms with Gasteiger partial charge in [0.25, 0.3) is 6.43 Å². The summed E-state index contributed by atoms with van der Waals surface area (Å²) in [4.78, 5) is 22.5. The number of hydrogen-bond acceptors (Lipinski definition) is 2. The summed E-state index contributed by atoms with van der Waals surface area (Å²) in [6, 6.07) is -0.810. The Morgan fingerprint density at radius 3 is 2.47 bits per heavy atom. The number of hydrogen-bond donors (Lipinski definition) is 2. The average molecular weight is 252 g/mol. The zero-order valence-corrected chi connectivity index (χ0v) is 9.95. The second kappa shape index (κ2) is 7.81. The third-order valence-electron chi connectivity index (χ3n) is 2.16. The van der Waals surface area contributed by atoms with Crippen molar-refractivity contribution in [3.05, 3.63) is 0 Å². The maximum absolute atomic E-state index is 12.0. The van der Waals surface area contributed by atoms with Gasteiger partial charge in [-0.25, -0.2) is 13.6 Å². The van der Waals surface area contributed by atoms with E-state index in [1.54, 1.807) is 6.92 Å². The lowest BCUT2D eigenvalue weighted by Crippen LogP contribution is -2.43. The van der Waals surface area contributed by atoms with Gasteiger partial charge in [-0.3, -0.25) is 4.79 Å². The molecule has 2 N–H and O–H groups in total. The second-order valence-electron chi connectivity index (χ2n) is 3.91. The molecule has 0 aromatic heterocycles. The van der Waals surface area contributed by atoms with E-state index in [1.807, 2.05) is 0 Å². The van der Waals surface area contributed by atoms with Gasteiger partial charge < -0.3 is 15.3 Å². The predicted molar refractivity (Wildman–Crippen MR) is 58.1 cm³/mol. The van der Waals surface area contributed by atoms with Crippen molar-refractivity contribution in [1.82, 2.24) is 10.2 Å². The molecule has 0 fully saturated rings. The number of carbonyl (C=O) groups is 2. The molecule has 100 valence electrons. The minimum Gasteiger partial charge on any atom is -0.481 e. The van der Waals surface area contributed by atoms with Crippen molar-refractivity contribution >= 4 is 12.0 Å². The van der Waals surface area contributed by atoms with E-state index in [-0.39, 0.29) is 12.5 Å². The highest BCUT2D eigenvalue weighted by Crippen LogP contribution is 2.02. The quantitative estimate of drug-likeness (QED) is 0.722. The van der Waals surface area contributed by atoms with Crippen molar-refractivity contribution < 1.29 is 23.5 Å². The molecule has 1 atom stereocenters. The van der Waals surface area contributed by atoms with Gasteiger partial charge in [0.05, 0.1) is 6.54 Å². The SMILES string of the molecule is CC(CCCC(=O)O)NC(=O)N(C)CC(F)F. The Kier molecular flexibility index (Phi) is 7.16. The third kappa shape index (κ3) is 8.41. The number of carboxylic acids is 1. The highest BCUT2D eigenvalue weighted by atomic mass is 19.3. The normalized spacial score (nSPS) is 12.3. The fourth-order valence-corrected chi connectivity index (χ4v) is 1.24. The summed E-state index contributed by atoms with van der Waals surface area (Å²) >= 11 is 0. The molecule has 0 aliphatic heterocycles. The topological polar surface area (TPSA) is 69.6 Å². The number of rotatable bonds is 7. The summed E-state index contributed by atoms with van der Waals surface area (Å²) in [6.45, 7) is 1.09. The zero-order valence-electron chi connectivity index (χ0n) is 9.95. The summed E-state index contributed by atoms with van der Waals surface area (Å²) in [5.74, 6) is -0.890. The van der Waals surface area contributed by atoms with E-state index in [1.165, 1.54) is 7.05 Å². The van der Waals surface area contributed by atoms with Crippen LogP contribution >= 0.6 is 0 Å². The van der Waals surface area contributed by atoms with Crippen LogP contribution in [-0.4, -0.2) is 48.1 Å². The Hall–Kier alpha value is -1.40. The Bertz CT molecular complexity index is 262. The fraction of sp³-hybridized carbons (Fsp3) is 0.800. The van der Waals surface area contributed by atoms with Gasteiger partial charge >= 0.3 is 12.0 Å². The molecule has 0 saturated heterocycles. The Labute approximate surface area is 98.8 Å². The number of nitrogens with one attached hydrogen (secondary N) is 1. The monoisotopic (exact) mass is 252 g/mol. The van der Waals surface area contributed by atoms with Crippen LogP contribution in [0.3, 0.4) is 0 Å². The summed E-state index contributed by atoms with van der Waals surface area (Å²) < 4.78 is 24.0. The lowest BCUT2D eigenvalue weighted by atomic mass is 10.1. The molecular formula is C10H18F2N2O3. The van der Waals surface area contributed by atoms with Crippen LogP contribution in [0.5, 0.6) is 0 Å². The lowest BCUT2D eigenvalue weighted by molar-refractivity contribution is -0.137. The molecule has 0 spiro atoms. The van der Waals surface area contributed by atoms with E-state index >= 15 is 0 Å². The van der Waals surface area contributed by atoms with Gasteiger partial charge in [0.2, 0.25) is 0 Å². The van der Waals surface area contributed by atoms with E-state index in [4.69, 9.17) is 5.11 Å². The van der Waals surface area contributed by atoms with Crippen LogP contribution in [0.4, 0.5) is 13.6 Å². The van der Waals surface area contributed by atoms with Crippen LogP contribution in [-0.2, 0) is 4.79 Å². The Balaban J connectivity index is 3.82. The van der Waals surface area contributed by atoms with Crippen LogP contribution in [0.2, 0.25) is 0 Å². The Morgan fingerprint density at radius 1 is 1.41 bits per heavy atom. The number of alkyl halides is 2. The van der Waals surface area contributed by atoms with Gasteiger partial charge in [0.1, 0.15) is 0 Å². The van der Waals surface area contributed by atoms with Gasteiger partial charge in [-0.1, -0.05) is 0 Å². The molecular weight excluding hydrogens is 234 g/mol. The van der Waals surface area contributed by atoms with Crippen molar-refractivity contribution in [2.24, 2.45) is 0 Å². The van der Waals surface area contributed by atoms with E-state index in [9.17, 15) is 18.4 Å². The first kappa shape index (κ1) is 15.6. The van der Waals surface area contributed by atoms with E-state index in [2.05, 4.69) is 5.32 Å². The maximum Gasteiger partial charge on any atom is 0.317 e. The molecule has 0 aromatic carbocycles. The molecule has 2 amide bonds. The third-order valence-corrected chi connectivity index (χ3v) is 2.16. The van der Waals surface area contributed by atoms with Gasteiger partial charge in [-0.05, 0) is 19.8 Å². The van der Waals surface area contributed by atoms with Gasteiger partial charge in [-0.15, -0.1) is 0 Å². The molecule has 0 aromatic rings. The molecule has 0 aliphatic carbocycles. The molecule has 0 rings (SSSR count). The lowest BCUT2D eigenvalue weighted by Gasteiger charge is -2.20. The molecule has 0 aliphatic rings. The standard InChI is InChI=1S/C10H18F2N2O3/c1-7(4-3-5-9(15)16)13-10(17)14(2)6-8(11)12/h7-8H,3-6H2,1-2H3,(H,13,17)(H,15,16). The van der Waals surface area contributed by atoms with Crippen molar-refractivity contribution in [3.63, 3.8) is 0 Å². The van der Waals surface area contributed by atoms with Gasteiger partial charge in [-0.2, -0.15) is 0 Å². The number of aliphatic carboxylic acids is 1. The number of nitrogens with zero attached hydrogens (tertiary/aromatic N) is 1. The smallest absolute Gasteiger partial charge is 0.317 e. The number of carbonyl (C=O) groups excluding carboxylic acids is 1. The number of urea groups is 1. The highest BCUT2D eigenvalue weighted by molar-refractivity contribution is 5.74. The predicted octanol–water partition coefficient (Wildman–Crippen LogP) is 1.54. The van der Waals surface area contributed by atoms with Crippen molar-refractivity contribution in [2.75, 3.05) is 13.6 Å². The van der Waals surface area contributed by atoms with Crippen molar-refractivity contribution in [1.29, 1.82) is 0 Å². The first-order chi connectivity index (χ1) is 7.82. The van der Waals surface area contributed by atoms with Crippen LogP contribution < -0.4 is 5.32 Å². The minimum absolute atomic E-state index is 0.0348. The molecule has 0 heterocycles. The zero-order chi connectivity index (χ0) is 13.4. The molecule has 0 radical (unpaired) electrons. The van der Waals surface area contributed by atoms with Crippen molar-refractivity contribution in [3.8, 4) is 0 Å². The largest absolute Gasteiger partial charge is 0.481 e. The van der Waals surface area contributed by atoms with Crippen LogP contribution in [0.1, 0.15) is 26.2 Å². The number of halogens is 2. The molecule has 5 nitrogen and oxygen atoms in total. The molecule has 0 saturated carbocycles. The summed E-state index contributed by atoms with van der Waals surface area (Å²) in [7, 11) is 1.28. The summed E-state index contributed by atoms with van der Waals surface area (Å²) in [5, 5.41) is 10.9.